The van der Waals surface area contributed by atoms with E-state index in [1.54, 1.807) is 12.3 Å². The number of hydrogen-bond donors (Lipinski definition) is 2. The third-order valence-electron chi connectivity index (χ3n) is 4.07. The molecule has 0 aliphatic carbocycles. The standard InChI is InChI=1S/C17H16ClFN6O/c18-12-6-10(3-4-13(12)19)24-16-15-14(22-9-23-16)8-21-17(25-15)20-7-11-2-1-5-26-11/h3-4,6,8-9,11H,1-2,5,7H2,(H,20,21,25)(H,22,23,24). The Morgan fingerprint density at radius 1 is 1.27 bits per heavy atom. The molecule has 1 unspecified atom stereocenters. The van der Waals surface area contributed by atoms with Gasteiger partial charge in [-0.15, -0.1) is 0 Å². The van der Waals surface area contributed by atoms with E-state index in [1.165, 1.54) is 18.5 Å². The van der Waals surface area contributed by atoms with Gasteiger partial charge in [0, 0.05) is 18.8 Å². The predicted molar refractivity (Wildman–Crippen MR) is 97.3 cm³/mol. The van der Waals surface area contributed by atoms with Crippen molar-refractivity contribution in [1.29, 1.82) is 0 Å². The molecule has 0 spiro atoms. The van der Waals surface area contributed by atoms with Crippen LogP contribution in [0.1, 0.15) is 12.8 Å². The van der Waals surface area contributed by atoms with E-state index in [0.717, 1.165) is 19.4 Å². The summed E-state index contributed by atoms with van der Waals surface area (Å²) >= 11 is 5.83. The molecule has 4 rings (SSSR count). The van der Waals surface area contributed by atoms with Gasteiger partial charge in [-0.25, -0.2) is 24.3 Å². The van der Waals surface area contributed by atoms with Crippen molar-refractivity contribution in [1.82, 2.24) is 19.9 Å². The SMILES string of the molecule is Fc1ccc(Nc2ncnc3cnc(NCC4CCCO4)nc23)cc1Cl. The molecule has 9 heteroatoms. The summed E-state index contributed by atoms with van der Waals surface area (Å²) in [7, 11) is 0. The minimum Gasteiger partial charge on any atom is -0.376 e. The van der Waals surface area contributed by atoms with Crippen LogP contribution in [0, 0.1) is 5.82 Å². The molecule has 134 valence electrons. The smallest absolute Gasteiger partial charge is 0.223 e. The number of halogens is 2. The summed E-state index contributed by atoms with van der Waals surface area (Å²) in [6, 6.07) is 4.35. The lowest BCUT2D eigenvalue weighted by Crippen LogP contribution is -2.19. The molecule has 3 aromatic rings. The lowest BCUT2D eigenvalue weighted by molar-refractivity contribution is 0.120. The Kier molecular flexibility index (Phi) is 4.77. The van der Waals surface area contributed by atoms with Crippen LogP contribution in [-0.4, -0.2) is 39.2 Å². The first kappa shape index (κ1) is 16.9. The summed E-state index contributed by atoms with van der Waals surface area (Å²) in [5.41, 5.74) is 1.75. The average molecular weight is 375 g/mol. The normalized spacial score (nSPS) is 16.8. The first-order chi connectivity index (χ1) is 12.7. The zero-order valence-electron chi connectivity index (χ0n) is 13.7. The maximum absolute atomic E-state index is 13.3. The molecule has 1 aromatic carbocycles. The van der Waals surface area contributed by atoms with E-state index in [2.05, 4.69) is 30.6 Å². The molecule has 26 heavy (non-hydrogen) atoms. The third kappa shape index (κ3) is 3.66. The fourth-order valence-electron chi connectivity index (χ4n) is 2.75. The molecule has 0 radical (unpaired) electrons. The Morgan fingerprint density at radius 3 is 3.00 bits per heavy atom. The Hall–Kier alpha value is -2.58. The van der Waals surface area contributed by atoms with Gasteiger partial charge in [0.05, 0.1) is 17.3 Å². The van der Waals surface area contributed by atoms with E-state index >= 15 is 0 Å². The zero-order chi connectivity index (χ0) is 17.9. The second-order valence-electron chi connectivity index (χ2n) is 5.92. The van der Waals surface area contributed by atoms with Crippen molar-refractivity contribution in [2.24, 2.45) is 0 Å². The average Bonchev–Trinajstić information content (AvgIpc) is 3.17. The monoisotopic (exact) mass is 374 g/mol. The van der Waals surface area contributed by atoms with Crippen LogP contribution in [0.15, 0.2) is 30.7 Å². The van der Waals surface area contributed by atoms with Gasteiger partial charge in [0.15, 0.2) is 5.82 Å². The highest BCUT2D eigenvalue weighted by atomic mass is 35.5. The van der Waals surface area contributed by atoms with Crippen LogP contribution in [0.5, 0.6) is 0 Å². The predicted octanol–water partition coefficient (Wildman–Crippen LogP) is 3.55. The van der Waals surface area contributed by atoms with Crippen LogP contribution in [-0.2, 0) is 4.74 Å². The van der Waals surface area contributed by atoms with Gasteiger partial charge in [-0.2, -0.15) is 0 Å². The number of nitrogens with zero attached hydrogens (tertiary/aromatic N) is 4. The van der Waals surface area contributed by atoms with Crippen LogP contribution in [0.25, 0.3) is 11.0 Å². The number of aromatic nitrogens is 4. The summed E-state index contributed by atoms with van der Waals surface area (Å²) in [5, 5.41) is 6.31. The van der Waals surface area contributed by atoms with Crippen molar-refractivity contribution >= 4 is 40.1 Å². The van der Waals surface area contributed by atoms with Crippen molar-refractivity contribution in [3.05, 3.63) is 41.6 Å². The van der Waals surface area contributed by atoms with E-state index in [-0.39, 0.29) is 11.1 Å². The van der Waals surface area contributed by atoms with E-state index in [0.29, 0.717) is 35.0 Å². The van der Waals surface area contributed by atoms with Crippen LogP contribution in [0.3, 0.4) is 0 Å². The quantitative estimate of drug-likeness (QED) is 0.706. The molecule has 1 fully saturated rings. The molecule has 0 amide bonds. The molecule has 0 bridgehead atoms. The third-order valence-corrected chi connectivity index (χ3v) is 4.36. The number of hydrogen-bond acceptors (Lipinski definition) is 7. The molecule has 3 heterocycles. The van der Waals surface area contributed by atoms with Crippen molar-refractivity contribution in [3.8, 4) is 0 Å². The molecule has 1 atom stereocenters. The maximum atomic E-state index is 13.3. The number of ether oxygens (including phenoxy) is 1. The summed E-state index contributed by atoms with van der Waals surface area (Å²) in [6.45, 7) is 1.45. The van der Waals surface area contributed by atoms with E-state index in [1.807, 2.05) is 0 Å². The van der Waals surface area contributed by atoms with Gasteiger partial charge in [0.1, 0.15) is 23.2 Å². The minimum absolute atomic E-state index is 0.0295. The first-order valence-corrected chi connectivity index (χ1v) is 8.62. The van der Waals surface area contributed by atoms with Crippen LogP contribution >= 0.6 is 11.6 Å². The Balaban J connectivity index is 1.59. The molecule has 0 saturated carbocycles. The minimum atomic E-state index is -0.479. The maximum Gasteiger partial charge on any atom is 0.223 e. The van der Waals surface area contributed by atoms with Crippen LogP contribution in [0.4, 0.5) is 21.8 Å². The zero-order valence-corrected chi connectivity index (χ0v) is 14.5. The highest BCUT2D eigenvalue weighted by molar-refractivity contribution is 6.31. The number of fused-ring (bicyclic) bond motifs is 1. The second-order valence-corrected chi connectivity index (χ2v) is 6.33. The number of benzene rings is 1. The number of anilines is 3. The Bertz CT molecular complexity index is 934. The molecule has 2 aromatic heterocycles. The van der Waals surface area contributed by atoms with Crippen molar-refractivity contribution in [2.75, 3.05) is 23.8 Å². The summed E-state index contributed by atoms with van der Waals surface area (Å²) < 4.78 is 18.9. The van der Waals surface area contributed by atoms with Crippen LogP contribution < -0.4 is 10.6 Å². The van der Waals surface area contributed by atoms with Gasteiger partial charge >= 0.3 is 0 Å². The molecule has 1 aliphatic rings. The number of nitrogens with one attached hydrogen (secondary N) is 2. The second kappa shape index (κ2) is 7.35. The van der Waals surface area contributed by atoms with Gasteiger partial charge in [0.25, 0.3) is 0 Å². The van der Waals surface area contributed by atoms with E-state index in [4.69, 9.17) is 16.3 Å². The summed E-state index contributed by atoms with van der Waals surface area (Å²) in [6.07, 6.45) is 5.33. The molecule has 1 aliphatic heterocycles. The van der Waals surface area contributed by atoms with Gasteiger partial charge in [0.2, 0.25) is 5.95 Å². The Morgan fingerprint density at radius 2 is 2.19 bits per heavy atom. The first-order valence-electron chi connectivity index (χ1n) is 8.24. The van der Waals surface area contributed by atoms with Crippen LogP contribution in [0.2, 0.25) is 5.02 Å². The molecular formula is C17H16ClFN6O. The molecule has 2 N–H and O–H groups in total. The van der Waals surface area contributed by atoms with Gasteiger partial charge in [-0.05, 0) is 31.0 Å². The van der Waals surface area contributed by atoms with Crippen molar-refractivity contribution < 1.29 is 9.13 Å². The molecular weight excluding hydrogens is 359 g/mol. The highest BCUT2D eigenvalue weighted by Gasteiger charge is 2.16. The largest absolute Gasteiger partial charge is 0.376 e. The van der Waals surface area contributed by atoms with Gasteiger partial charge in [-0.3, -0.25) is 0 Å². The van der Waals surface area contributed by atoms with E-state index < -0.39 is 5.82 Å². The fourth-order valence-corrected chi connectivity index (χ4v) is 2.93. The fraction of sp³-hybridized carbons (Fsp3) is 0.294. The lowest BCUT2D eigenvalue weighted by Gasteiger charge is -2.12. The number of rotatable bonds is 5. The molecule has 7 nitrogen and oxygen atoms in total. The van der Waals surface area contributed by atoms with Gasteiger partial charge < -0.3 is 15.4 Å². The van der Waals surface area contributed by atoms with Gasteiger partial charge in [-0.1, -0.05) is 11.6 Å². The summed E-state index contributed by atoms with van der Waals surface area (Å²) in [4.78, 5) is 17.2. The topological polar surface area (TPSA) is 84.9 Å². The van der Waals surface area contributed by atoms with E-state index in [9.17, 15) is 4.39 Å². The highest BCUT2D eigenvalue weighted by Crippen LogP contribution is 2.25. The molecule has 1 saturated heterocycles. The summed E-state index contributed by atoms with van der Waals surface area (Å²) in [5.74, 6) is 0.482. The van der Waals surface area contributed by atoms with Crippen molar-refractivity contribution in [2.45, 2.75) is 18.9 Å². The Labute approximate surface area is 154 Å². The lowest BCUT2D eigenvalue weighted by atomic mass is 10.2. The van der Waals surface area contributed by atoms with Crippen molar-refractivity contribution in [3.63, 3.8) is 0 Å².